The van der Waals surface area contributed by atoms with Crippen LogP contribution in [0.1, 0.15) is 5.56 Å². The molecule has 5 nitrogen and oxygen atoms in total. The molecule has 108 valence electrons. The molecule has 3 rings (SSSR count). The lowest BCUT2D eigenvalue weighted by molar-refractivity contribution is 0.602. The van der Waals surface area contributed by atoms with Gasteiger partial charge >= 0.3 is 0 Å². The highest BCUT2D eigenvalue weighted by Gasteiger charge is 2.13. The number of nitrogen functional groups attached to an aromatic ring is 1. The molecule has 6 heteroatoms. The number of aromatic nitrogens is 1. The van der Waals surface area contributed by atoms with Gasteiger partial charge in [-0.25, -0.2) is 13.4 Å². The smallest absolute Gasteiger partial charge is 0.227 e. The number of nitrogens with zero attached hydrogens (tertiary/aromatic N) is 1. The molecule has 0 aliphatic heterocycles. The Morgan fingerprint density at radius 2 is 1.90 bits per heavy atom. The third-order valence-corrected chi connectivity index (χ3v) is 4.41. The van der Waals surface area contributed by atoms with E-state index in [-0.39, 0.29) is 4.90 Å². The number of rotatable bonds is 2. The second kappa shape index (κ2) is 4.60. The molecule has 0 unspecified atom stereocenters. The fourth-order valence-corrected chi connectivity index (χ4v) is 2.71. The summed E-state index contributed by atoms with van der Waals surface area (Å²) in [5.74, 6) is 0.443. The van der Waals surface area contributed by atoms with Crippen LogP contribution in [0.3, 0.4) is 0 Å². The largest absolute Gasteiger partial charge is 0.436 e. The number of anilines is 1. The molecule has 0 bridgehead atoms. The van der Waals surface area contributed by atoms with Gasteiger partial charge in [0.05, 0.1) is 4.90 Å². The van der Waals surface area contributed by atoms with Crippen molar-refractivity contribution in [2.75, 3.05) is 12.0 Å². The Morgan fingerprint density at radius 1 is 1.14 bits per heavy atom. The molecule has 3 aromatic rings. The van der Waals surface area contributed by atoms with Crippen molar-refractivity contribution in [1.29, 1.82) is 0 Å². The number of oxazole rings is 1. The van der Waals surface area contributed by atoms with Gasteiger partial charge in [-0.3, -0.25) is 0 Å². The maximum Gasteiger partial charge on any atom is 0.227 e. The minimum atomic E-state index is -3.26. The second-order valence-corrected chi connectivity index (χ2v) is 7.01. The molecule has 0 radical (unpaired) electrons. The second-order valence-electron chi connectivity index (χ2n) is 4.99. The van der Waals surface area contributed by atoms with Crippen molar-refractivity contribution in [3.8, 4) is 11.5 Å². The van der Waals surface area contributed by atoms with Crippen LogP contribution in [-0.2, 0) is 9.84 Å². The minimum absolute atomic E-state index is 0.225. The van der Waals surface area contributed by atoms with Crippen molar-refractivity contribution in [2.24, 2.45) is 0 Å². The maximum atomic E-state index is 11.6. The molecule has 21 heavy (non-hydrogen) atoms. The van der Waals surface area contributed by atoms with Crippen LogP contribution in [-0.4, -0.2) is 19.7 Å². The van der Waals surface area contributed by atoms with Gasteiger partial charge < -0.3 is 10.2 Å². The number of aryl methyl sites for hydroxylation is 1. The fourth-order valence-electron chi connectivity index (χ4n) is 2.07. The van der Waals surface area contributed by atoms with Gasteiger partial charge in [-0.15, -0.1) is 0 Å². The quantitative estimate of drug-likeness (QED) is 0.736. The molecule has 0 amide bonds. The highest BCUT2D eigenvalue weighted by Crippen LogP contribution is 2.27. The average molecular weight is 302 g/mol. The van der Waals surface area contributed by atoms with Gasteiger partial charge in [0.15, 0.2) is 15.4 Å². The number of hydrogen-bond donors (Lipinski definition) is 1. The fraction of sp³-hybridized carbons (Fsp3) is 0.133. The summed E-state index contributed by atoms with van der Waals surface area (Å²) >= 11 is 0. The van der Waals surface area contributed by atoms with E-state index < -0.39 is 9.84 Å². The number of nitrogens with two attached hydrogens (primary N) is 1. The summed E-state index contributed by atoms with van der Waals surface area (Å²) in [5, 5.41) is 0. The van der Waals surface area contributed by atoms with Crippen molar-refractivity contribution in [3.05, 3.63) is 42.0 Å². The molecule has 0 fully saturated rings. The van der Waals surface area contributed by atoms with Gasteiger partial charge in [-0.05, 0) is 48.9 Å². The Labute approximate surface area is 122 Å². The van der Waals surface area contributed by atoms with Crippen LogP contribution in [0.5, 0.6) is 0 Å². The normalized spacial score (nSPS) is 11.9. The summed E-state index contributed by atoms with van der Waals surface area (Å²) in [7, 11) is -3.26. The Morgan fingerprint density at radius 3 is 2.57 bits per heavy atom. The topological polar surface area (TPSA) is 86.2 Å². The lowest BCUT2D eigenvalue weighted by Crippen LogP contribution is -1.96. The monoisotopic (exact) mass is 302 g/mol. The first-order chi connectivity index (χ1) is 9.84. The zero-order valence-corrected chi connectivity index (χ0v) is 12.4. The molecule has 0 atom stereocenters. The molecular weight excluding hydrogens is 288 g/mol. The van der Waals surface area contributed by atoms with Crippen LogP contribution in [0, 0.1) is 6.92 Å². The first-order valence-corrected chi connectivity index (χ1v) is 8.21. The predicted octanol–water partition coefficient (Wildman–Crippen LogP) is 2.79. The van der Waals surface area contributed by atoms with E-state index in [9.17, 15) is 8.42 Å². The number of benzene rings is 2. The summed E-state index contributed by atoms with van der Waals surface area (Å²) in [5.41, 5.74) is 9.30. The van der Waals surface area contributed by atoms with Crippen LogP contribution in [0.15, 0.2) is 45.7 Å². The van der Waals surface area contributed by atoms with Gasteiger partial charge in [0.2, 0.25) is 5.89 Å². The van der Waals surface area contributed by atoms with Crippen LogP contribution >= 0.6 is 0 Å². The van der Waals surface area contributed by atoms with E-state index in [1.165, 1.54) is 18.4 Å². The van der Waals surface area contributed by atoms with Crippen LogP contribution in [0.4, 0.5) is 5.69 Å². The van der Waals surface area contributed by atoms with Gasteiger partial charge in [0.1, 0.15) is 5.52 Å². The molecule has 2 N–H and O–H groups in total. The van der Waals surface area contributed by atoms with Crippen LogP contribution in [0.2, 0.25) is 0 Å². The number of hydrogen-bond acceptors (Lipinski definition) is 5. The van der Waals surface area contributed by atoms with E-state index in [4.69, 9.17) is 10.2 Å². The van der Waals surface area contributed by atoms with Crippen LogP contribution in [0.25, 0.3) is 22.6 Å². The first kappa shape index (κ1) is 13.6. The van der Waals surface area contributed by atoms with Crippen molar-refractivity contribution >= 4 is 26.6 Å². The van der Waals surface area contributed by atoms with E-state index in [0.717, 1.165) is 11.1 Å². The highest BCUT2D eigenvalue weighted by molar-refractivity contribution is 7.90. The molecule has 1 aromatic heterocycles. The van der Waals surface area contributed by atoms with Crippen molar-refractivity contribution in [1.82, 2.24) is 4.98 Å². The third-order valence-electron chi connectivity index (χ3n) is 3.30. The standard InChI is InChI=1S/C15H14N2O3S/c1-9-7-10(3-5-12(9)16)15-17-13-8-11(21(2,18)19)4-6-14(13)20-15/h3-8H,16H2,1-2H3. The summed E-state index contributed by atoms with van der Waals surface area (Å²) in [6.45, 7) is 1.91. The number of fused-ring (bicyclic) bond motifs is 1. The Kier molecular flexibility index (Phi) is 2.98. The first-order valence-electron chi connectivity index (χ1n) is 6.32. The van der Waals surface area contributed by atoms with Crippen molar-refractivity contribution < 1.29 is 12.8 Å². The summed E-state index contributed by atoms with van der Waals surface area (Å²) in [6.07, 6.45) is 1.17. The maximum absolute atomic E-state index is 11.6. The van der Waals surface area contributed by atoms with Gasteiger partial charge in [-0.1, -0.05) is 0 Å². The lowest BCUT2D eigenvalue weighted by Gasteiger charge is -2.00. The Hall–Kier alpha value is -2.34. The van der Waals surface area contributed by atoms with Gasteiger partial charge in [0, 0.05) is 17.5 Å². The molecule has 0 saturated carbocycles. The van der Waals surface area contributed by atoms with E-state index in [2.05, 4.69) is 4.98 Å². The van der Waals surface area contributed by atoms with E-state index >= 15 is 0 Å². The molecular formula is C15H14N2O3S. The zero-order chi connectivity index (χ0) is 15.2. The molecule has 2 aromatic carbocycles. The zero-order valence-electron chi connectivity index (χ0n) is 11.6. The summed E-state index contributed by atoms with van der Waals surface area (Å²) < 4.78 is 28.8. The predicted molar refractivity (Wildman–Crippen MR) is 81.7 cm³/mol. The molecule has 0 spiro atoms. The SMILES string of the molecule is Cc1cc(-c2nc3cc(S(C)(=O)=O)ccc3o2)ccc1N. The number of sulfone groups is 1. The summed E-state index contributed by atoms with van der Waals surface area (Å²) in [4.78, 5) is 4.58. The van der Waals surface area contributed by atoms with Crippen molar-refractivity contribution in [3.63, 3.8) is 0 Å². The molecule has 0 saturated heterocycles. The molecule has 0 aliphatic carbocycles. The molecule has 1 heterocycles. The summed E-state index contributed by atoms with van der Waals surface area (Å²) in [6, 6.07) is 10.2. The van der Waals surface area contributed by atoms with E-state index in [1.54, 1.807) is 12.1 Å². The Balaban J connectivity index is 2.14. The Bertz CT molecular complexity index is 943. The van der Waals surface area contributed by atoms with E-state index in [0.29, 0.717) is 22.7 Å². The molecule has 0 aliphatic rings. The lowest BCUT2D eigenvalue weighted by atomic mass is 10.1. The van der Waals surface area contributed by atoms with Gasteiger partial charge in [0.25, 0.3) is 0 Å². The minimum Gasteiger partial charge on any atom is -0.436 e. The van der Waals surface area contributed by atoms with Crippen molar-refractivity contribution in [2.45, 2.75) is 11.8 Å². The van der Waals surface area contributed by atoms with Gasteiger partial charge in [-0.2, -0.15) is 0 Å². The average Bonchev–Trinajstić information content (AvgIpc) is 2.83. The third kappa shape index (κ3) is 2.50. The highest BCUT2D eigenvalue weighted by atomic mass is 32.2. The van der Waals surface area contributed by atoms with Crippen LogP contribution < -0.4 is 5.73 Å². The van der Waals surface area contributed by atoms with E-state index in [1.807, 2.05) is 19.1 Å².